The molecular formula is C16H17N3OS. The summed E-state index contributed by atoms with van der Waals surface area (Å²) in [6.45, 7) is 3.05. The smallest absolute Gasteiger partial charge is 0.139 e. The SMILES string of the molecule is CCOc1ccc(Nc2nccc3sccc23)cc1CN. The minimum atomic E-state index is 0.445. The highest BCUT2D eigenvalue weighted by atomic mass is 32.1. The van der Waals surface area contributed by atoms with Crippen LogP contribution in [0.3, 0.4) is 0 Å². The monoisotopic (exact) mass is 299 g/mol. The van der Waals surface area contributed by atoms with Gasteiger partial charge in [-0.15, -0.1) is 11.3 Å². The van der Waals surface area contributed by atoms with Gasteiger partial charge in [0.05, 0.1) is 6.61 Å². The molecule has 0 saturated carbocycles. The largest absolute Gasteiger partial charge is 0.494 e. The number of ether oxygens (including phenoxy) is 1. The van der Waals surface area contributed by atoms with Crippen molar-refractivity contribution in [2.45, 2.75) is 13.5 Å². The molecule has 1 aromatic carbocycles. The molecule has 21 heavy (non-hydrogen) atoms. The molecule has 0 aliphatic carbocycles. The quantitative estimate of drug-likeness (QED) is 0.750. The van der Waals surface area contributed by atoms with E-state index in [2.05, 4.69) is 21.7 Å². The number of rotatable bonds is 5. The molecule has 0 spiro atoms. The van der Waals surface area contributed by atoms with E-state index in [9.17, 15) is 0 Å². The van der Waals surface area contributed by atoms with E-state index in [0.29, 0.717) is 13.2 Å². The van der Waals surface area contributed by atoms with Crippen molar-refractivity contribution in [3.05, 3.63) is 47.5 Å². The number of nitrogens with zero attached hydrogens (tertiary/aromatic N) is 1. The van der Waals surface area contributed by atoms with E-state index < -0.39 is 0 Å². The molecule has 0 fully saturated rings. The standard InChI is InChI=1S/C16H17N3OS/c1-2-20-14-4-3-12(9-11(14)10-17)19-16-13-6-8-21-15(13)5-7-18-16/h3-9H,2,10,17H2,1H3,(H,18,19). The number of anilines is 2. The first-order chi connectivity index (χ1) is 10.3. The summed E-state index contributed by atoms with van der Waals surface area (Å²) >= 11 is 1.71. The van der Waals surface area contributed by atoms with E-state index in [1.54, 1.807) is 11.3 Å². The van der Waals surface area contributed by atoms with Gasteiger partial charge in [0.25, 0.3) is 0 Å². The molecule has 3 rings (SSSR count). The molecule has 0 saturated heterocycles. The van der Waals surface area contributed by atoms with Crippen molar-refractivity contribution in [2.24, 2.45) is 5.73 Å². The van der Waals surface area contributed by atoms with Crippen LogP contribution in [0.2, 0.25) is 0 Å². The van der Waals surface area contributed by atoms with Gasteiger partial charge in [-0.1, -0.05) is 0 Å². The fourth-order valence-corrected chi connectivity index (χ4v) is 3.03. The molecule has 108 valence electrons. The number of pyridine rings is 1. The second kappa shape index (κ2) is 6.11. The normalized spacial score (nSPS) is 10.8. The first-order valence-corrected chi connectivity index (χ1v) is 7.75. The van der Waals surface area contributed by atoms with Crippen LogP contribution in [0.5, 0.6) is 5.75 Å². The minimum Gasteiger partial charge on any atom is -0.494 e. The van der Waals surface area contributed by atoms with Gasteiger partial charge in [-0.25, -0.2) is 4.98 Å². The van der Waals surface area contributed by atoms with Crippen molar-refractivity contribution in [3.63, 3.8) is 0 Å². The highest BCUT2D eigenvalue weighted by Gasteiger charge is 2.07. The van der Waals surface area contributed by atoms with E-state index >= 15 is 0 Å². The fraction of sp³-hybridized carbons (Fsp3) is 0.188. The Morgan fingerprint density at radius 2 is 2.19 bits per heavy atom. The highest BCUT2D eigenvalue weighted by molar-refractivity contribution is 7.17. The Balaban J connectivity index is 1.92. The number of benzene rings is 1. The third-order valence-electron chi connectivity index (χ3n) is 3.22. The number of hydrogen-bond acceptors (Lipinski definition) is 5. The Morgan fingerprint density at radius 1 is 1.29 bits per heavy atom. The van der Waals surface area contributed by atoms with Crippen LogP contribution < -0.4 is 15.8 Å². The van der Waals surface area contributed by atoms with E-state index in [1.807, 2.05) is 37.4 Å². The molecule has 0 aliphatic heterocycles. The summed E-state index contributed by atoms with van der Waals surface area (Å²) in [6.07, 6.45) is 1.82. The predicted octanol–water partition coefficient (Wildman–Crippen LogP) is 3.90. The minimum absolute atomic E-state index is 0.445. The molecule has 0 bridgehead atoms. The first-order valence-electron chi connectivity index (χ1n) is 6.87. The maximum absolute atomic E-state index is 5.80. The van der Waals surface area contributed by atoms with Crippen molar-refractivity contribution in [1.82, 2.24) is 4.98 Å². The van der Waals surface area contributed by atoms with Gasteiger partial charge >= 0.3 is 0 Å². The van der Waals surface area contributed by atoms with Gasteiger partial charge in [0.15, 0.2) is 0 Å². The predicted molar refractivity (Wildman–Crippen MR) is 88.4 cm³/mol. The maximum Gasteiger partial charge on any atom is 0.139 e. The third-order valence-corrected chi connectivity index (χ3v) is 4.10. The van der Waals surface area contributed by atoms with E-state index in [-0.39, 0.29) is 0 Å². The number of fused-ring (bicyclic) bond motifs is 1. The van der Waals surface area contributed by atoms with Gasteiger partial charge in [-0.3, -0.25) is 0 Å². The summed E-state index contributed by atoms with van der Waals surface area (Å²) < 4.78 is 6.79. The zero-order chi connectivity index (χ0) is 14.7. The molecule has 2 heterocycles. The Kier molecular flexibility index (Phi) is 4.03. The zero-order valence-electron chi connectivity index (χ0n) is 11.8. The fourth-order valence-electron chi connectivity index (χ4n) is 2.24. The summed E-state index contributed by atoms with van der Waals surface area (Å²) in [5.74, 6) is 1.70. The van der Waals surface area contributed by atoms with Crippen LogP contribution >= 0.6 is 11.3 Å². The second-order valence-electron chi connectivity index (χ2n) is 4.58. The molecule has 0 atom stereocenters. The average molecular weight is 299 g/mol. The number of nitrogens with one attached hydrogen (secondary N) is 1. The summed E-state index contributed by atoms with van der Waals surface area (Å²) in [5, 5.41) is 6.56. The topological polar surface area (TPSA) is 60.2 Å². The number of hydrogen-bond donors (Lipinski definition) is 2. The van der Waals surface area contributed by atoms with Gasteiger partial charge in [0, 0.05) is 34.1 Å². The Morgan fingerprint density at radius 3 is 3.00 bits per heavy atom. The van der Waals surface area contributed by atoms with Gasteiger partial charge < -0.3 is 15.8 Å². The van der Waals surface area contributed by atoms with Crippen molar-refractivity contribution < 1.29 is 4.74 Å². The van der Waals surface area contributed by atoms with E-state index in [0.717, 1.165) is 28.2 Å². The zero-order valence-corrected chi connectivity index (χ0v) is 12.6. The van der Waals surface area contributed by atoms with Gasteiger partial charge in [-0.05, 0) is 42.6 Å². The summed E-state index contributed by atoms with van der Waals surface area (Å²) in [4.78, 5) is 4.42. The van der Waals surface area contributed by atoms with Gasteiger partial charge in [-0.2, -0.15) is 0 Å². The lowest BCUT2D eigenvalue weighted by atomic mass is 10.1. The second-order valence-corrected chi connectivity index (χ2v) is 5.52. The van der Waals surface area contributed by atoms with E-state index in [4.69, 9.17) is 10.5 Å². The van der Waals surface area contributed by atoms with Crippen molar-refractivity contribution in [2.75, 3.05) is 11.9 Å². The Bertz CT molecular complexity index is 754. The van der Waals surface area contributed by atoms with Gasteiger partial charge in [0.2, 0.25) is 0 Å². The van der Waals surface area contributed by atoms with E-state index in [1.165, 1.54) is 4.70 Å². The van der Waals surface area contributed by atoms with Crippen LogP contribution in [0.15, 0.2) is 41.9 Å². The molecule has 0 radical (unpaired) electrons. The maximum atomic E-state index is 5.80. The summed E-state index contributed by atoms with van der Waals surface area (Å²) in [6, 6.07) is 10.0. The lowest BCUT2D eigenvalue weighted by Crippen LogP contribution is -2.03. The number of thiophene rings is 1. The first kappa shape index (κ1) is 13.9. The van der Waals surface area contributed by atoms with Crippen LogP contribution in [0.1, 0.15) is 12.5 Å². The average Bonchev–Trinajstić information content (AvgIpc) is 2.98. The van der Waals surface area contributed by atoms with Crippen molar-refractivity contribution in [3.8, 4) is 5.75 Å². The molecule has 3 N–H and O–H groups in total. The van der Waals surface area contributed by atoms with Crippen LogP contribution in [0.4, 0.5) is 11.5 Å². The number of nitrogens with two attached hydrogens (primary N) is 1. The lowest BCUT2D eigenvalue weighted by molar-refractivity contribution is 0.336. The molecule has 3 aromatic rings. The molecule has 0 amide bonds. The van der Waals surface area contributed by atoms with Crippen molar-refractivity contribution in [1.29, 1.82) is 0 Å². The third kappa shape index (κ3) is 2.84. The van der Waals surface area contributed by atoms with Crippen LogP contribution in [0.25, 0.3) is 10.1 Å². The van der Waals surface area contributed by atoms with Crippen LogP contribution in [-0.4, -0.2) is 11.6 Å². The molecule has 0 aliphatic rings. The van der Waals surface area contributed by atoms with Crippen molar-refractivity contribution >= 4 is 32.9 Å². The molecular weight excluding hydrogens is 282 g/mol. The lowest BCUT2D eigenvalue weighted by Gasteiger charge is -2.12. The molecule has 4 nitrogen and oxygen atoms in total. The molecule has 0 unspecified atom stereocenters. The van der Waals surface area contributed by atoms with Crippen LogP contribution in [0, 0.1) is 0 Å². The molecule has 5 heteroatoms. The Hall–Kier alpha value is -2.11. The van der Waals surface area contributed by atoms with Crippen LogP contribution in [-0.2, 0) is 6.54 Å². The number of aromatic nitrogens is 1. The summed E-state index contributed by atoms with van der Waals surface area (Å²) in [7, 11) is 0. The van der Waals surface area contributed by atoms with Gasteiger partial charge in [0.1, 0.15) is 11.6 Å². The Labute approximate surface area is 127 Å². The summed E-state index contributed by atoms with van der Waals surface area (Å²) in [5.41, 5.74) is 7.74. The highest BCUT2D eigenvalue weighted by Crippen LogP contribution is 2.29. The molecule has 2 aromatic heterocycles.